The third-order valence-electron chi connectivity index (χ3n) is 6.25. The Morgan fingerprint density at radius 2 is 1.97 bits per heavy atom. The number of amides is 2. The van der Waals surface area contributed by atoms with Crippen LogP contribution in [0.5, 0.6) is 0 Å². The van der Waals surface area contributed by atoms with Gasteiger partial charge >= 0.3 is 6.09 Å². The quantitative estimate of drug-likeness (QED) is 0.523. The van der Waals surface area contributed by atoms with Crippen LogP contribution in [0.15, 0.2) is 29.2 Å². The fourth-order valence-corrected chi connectivity index (χ4v) is 4.72. The number of carbonyl (C=O) groups excluding carboxylic acids is 2. The highest BCUT2D eigenvalue weighted by Crippen LogP contribution is 2.23. The Hall–Kier alpha value is -2.94. The zero-order chi connectivity index (χ0) is 26.6. The molecule has 1 aliphatic rings. The van der Waals surface area contributed by atoms with E-state index in [9.17, 15) is 18.8 Å². The smallest absolute Gasteiger partial charge is 0.410 e. The van der Waals surface area contributed by atoms with Gasteiger partial charge in [0.15, 0.2) is 0 Å². The number of carbonyl (C=O) groups is 2. The van der Waals surface area contributed by atoms with Crippen LogP contribution in [0.4, 0.5) is 9.18 Å². The van der Waals surface area contributed by atoms with E-state index in [1.807, 2.05) is 34.6 Å². The van der Waals surface area contributed by atoms with Gasteiger partial charge in [-0.2, -0.15) is 0 Å². The number of hydrogen-bond donors (Lipinski definition) is 0. The second-order valence-electron chi connectivity index (χ2n) is 10.6. The minimum absolute atomic E-state index is 0.0367. The maximum Gasteiger partial charge on any atom is 0.410 e. The fourth-order valence-electron chi connectivity index (χ4n) is 4.72. The third kappa shape index (κ3) is 6.43. The number of nitrogens with zero attached hydrogens (tertiary/aromatic N) is 3. The van der Waals surface area contributed by atoms with Crippen molar-refractivity contribution in [3.63, 3.8) is 0 Å². The average Bonchev–Trinajstić information content (AvgIpc) is 2.79. The van der Waals surface area contributed by atoms with Gasteiger partial charge in [-0.1, -0.05) is 0 Å². The number of rotatable bonds is 7. The first-order chi connectivity index (χ1) is 16.9. The molecule has 36 heavy (non-hydrogen) atoms. The zero-order valence-corrected chi connectivity index (χ0v) is 22.2. The Morgan fingerprint density at radius 3 is 2.61 bits per heavy atom. The predicted octanol–water partition coefficient (Wildman–Crippen LogP) is 4.43. The van der Waals surface area contributed by atoms with Gasteiger partial charge in [-0.25, -0.2) is 9.18 Å². The molecule has 0 saturated carbocycles. The van der Waals surface area contributed by atoms with Gasteiger partial charge in [0, 0.05) is 51.0 Å². The molecule has 2 aromatic rings. The lowest BCUT2D eigenvalue weighted by Crippen LogP contribution is -2.55. The maximum atomic E-state index is 14.0. The summed E-state index contributed by atoms with van der Waals surface area (Å²) in [6.45, 7) is 11.1. The number of likely N-dealkylation sites (tertiary alicyclic amines) is 1. The molecule has 198 valence electrons. The van der Waals surface area contributed by atoms with E-state index in [4.69, 9.17) is 9.47 Å². The molecule has 1 aromatic carbocycles. The summed E-state index contributed by atoms with van der Waals surface area (Å²) < 4.78 is 26.5. The number of aryl methyl sites for hydroxylation is 1. The van der Waals surface area contributed by atoms with Crippen molar-refractivity contribution in [1.29, 1.82) is 0 Å². The second-order valence-corrected chi connectivity index (χ2v) is 10.6. The van der Waals surface area contributed by atoms with Crippen molar-refractivity contribution in [2.24, 2.45) is 0 Å². The summed E-state index contributed by atoms with van der Waals surface area (Å²) in [7, 11) is 1.60. The van der Waals surface area contributed by atoms with Crippen LogP contribution in [0.2, 0.25) is 0 Å². The first-order valence-electron chi connectivity index (χ1n) is 12.5. The lowest BCUT2D eigenvalue weighted by molar-refractivity contribution is 0.00748. The van der Waals surface area contributed by atoms with Crippen molar-refractivity contribution in [1.82, 2.24) is 14.4 Å². The number of fused-ring (bicyclic) bond motifs is 1. The second kappa shape index (κ2) is 11.4. The molecule has 9 heteroatoms. The van der Waals surface area contributed by atoms with E-state index in [2.05, 4.69) is 0 Å². The normalized spacial score (nSPS) is 16.4. The topological polar surface area (TPSA) is 81.1 Å². The van der Waals surface area contributed by atoms with E-state index in [-0.39, 0.29) is 17.6 Å². The van der Waals surface area contributed by atoms with Crippen LogP contribution >= 0.6 is 0 Å². The molecular formula is C27H38FN3O5. The summed E-state index contributed by atoms with van der Waals surface area (Å²) in [5.74, 6) is -0.840. The Kier molecular flexibility index (Phi) is 8.76. The molecule has 8 nitrogen and oxygen atoms in total. The minimum atomic E-state index is -0.615. The molecule has 2 heterocycles. The highest BCUT2D eigenvalue weighted by molar-refractivity contribution is 5.97. The molecule has 0 N–H and O–H groups in total. The SMILES string of the molecule is COCCCn1cc(C(=O)N(C(C)C)[C@@H]2CCCN(C(=O)OC(C)(C)C)C2)c(=O)c2ccc(F)cc21. The van der Waals surface area contributed by atoms with Crippen LogP contribution in [-0.2, 0) is 16.0 Å². The van der Waals surface area contributed by atoms with Crippen LogP contribution in [0.1, 0.15) is 64.2 Å². The van der Waals surface area contributed by atoms with Gasteiger partial charge in [0.1, 0.15) is 17.0 Å². The molecule has 1 aromatic heterocycles. The summed E-state index contributed by atoms with van der Waals surface area (Å²) in [6, 6.07) is 3.52. The molecule has 0 radical (unpaired) electrons. The molecule has 3 rings (SSSR count). The van der Waals surface area contributed by atoms with E-state index in [1.54, 1.807) is 21.5 Å². The van der Waals surface area contributed by atoms with Crippen molar-refractivity contribution < 1.29 is 23.5 Å². The van der Waals surface area contributed by atoms with Crippen LogP contribution in [0, 0.1) is 5.82 Å². The standard InChI is InChI=1S/C27H38FN3O5/c1-18(2)31(20-9-7-12-30(16-20)26(34)36-27(3,4)5)25(33)22-17-29(13-8-14-35-6)23-15-19(28)10-11-21(23)24(22)32/h10-11,15,17-18,20H,7-9,12-14,16H2,1-6H3/t20-/m1/s1. The van der Waals surface area contributed by atoms with Crippen molar-refractivity contribution >= 4 is 22.9 Å². The van der Waals surface area contributed by atoms with Gasteiger partial charge in [-0.15, -0.1) is 0 Å². The number of benzene rings is 1. The molecule has 1 aliphatic heterocycles. The number of ether oxygens (including phenoxy) is 2. The lowest BCUT2D eigenvalue weighted by Gasteiger charge is -2.41. The molecule has 1 saturated heterocycles. The van der Waals surface area contributed by atoms with Crippen molar-refractivity contribution in [3.05, 3.63) is 46.0 Å². The van der Waals surface area contributed by atoms with E-state index in [0.717, 1.165) is 6.42 Å². The Morgan fingerprint density at radius 1 is 1.25 bits per heavy atom. The average molecular weight is 504 g/mol. The van der Waals surface area contributed by atoms with Gasteiger partial charge in [0.05, 0.1) is 11.6 Å². The van der Waals surface area contributed by atoms with Gasteiger partial charge in [-0.3, -0.25) is 9.59 Å². The molecule has 0 aliphatic carbocycles. The van der Waals surface area contributed by atoms with Crippen molar-refractivity contribution in [3.8, 4) is 0 Å². The van der Waals surface area contributed by atoms with Crippen LogP contribution < -0.4 is 5.43 Å². The van der Waals surface area contributed by atoms with Gasteiger partial charge in [0.2, 0.25) is 5.43 Å². The van der Waals surface area contributed by atoms with Crippen molar-refractivity contribution in [2.75, 3.05) is 26.8 Å². The first kappa shape index (κ1) is 27.6. The van der Waals surface area contributed by atoms with Crippen LogP contribution in [0.25, 0.3) is 10.9 Å². The highest BCUT2D eigenvalue weighted by Gasteiger charge is 2.35. The molecular weight excluding hydrogens is 465 g/mol. The Labute approximate surface area is 212 Å². The number of pyridine rings is 1. The molecule has 0 spiro atoms. The molecule has 0 bridgehead atoms. The summed E-state index contributed by atoms with van der Waals surface area (Å²) in [6.07, 6.45) is 3.20. The lowest BCUT2D eigenvalue weighted by atomic mass is 10.0. The minimum Gasteiger partial charge on any atom is -0.444 e. The third-order valence-corrected chi connectivity index (χ3v) is 6.25. The molecule has 1 atom stereocenters. The van der Waals surface area contributed by atoms with Crippen LogP contribution in [-0.4, -0.2) is 70.9 Å². The summed E-state index contributed by atoms with van der Waals surface area (Å²) >= 11 is 0. The highest BCUT2D eigenvalue weighted by atomic mass is 19.1. The largest absolute Gasteiger partial charge is 0.444 e. The molecule has 2 amide bonds. The number of piperidine rings is 1. The first-order valence-corrected chi connectivity index (χ1v) is 12.5. The monoisotopic (exact) mass is 503 g/mol. The van der Waals surface area contributed by atoms with E-state index in [0.29, 0.717) is 50.0 Å². The zero-order valence-electron chi connectivity index (χ0n) is 22.2. The van der Waals surface area contributed by atoms with E-state index >= 15 is 0 Å². The predicted molar refractivity (Wildman–Crippen MR) is 137 cm³/mol. The number of hydrogen-bond acceptors (Lipinski definition) is 5. The number of aromatic nitrogens is 1. The molecule has 1 fully saturated rings. The van der Waals surface area contributed by atoms with Gasteiger partial charge in [0.25, 0.3) is 5.91 Å². The Bertz CT molecular complexity index is 1150. The Balaban J connectivity index is 1.97. The summed E-state index contributed by atoms with van der Waals surface area (Å²) in [5.41, 5.74) is -0.564. The van der Waals surface area contributed by atoms with Gasteiger partial charge in [-0.05, 0) is 72.1 Å². The van der Waals surface area contributed by atoms with Gasteiger partial charge < -0.3 is 23.8 Å². The molecule has 0 unspecified atom stereocenters. The summed E-state index contributed by atoms with van der Waals surface area (Å²) in [5, 5.41) is 0.294. The van der Waals surface area contributed by atoms with Crippen LogP contribution in [0.3, 0.4) is 0 Å². The summed E-state index contributed by atoms with van der Waals surface area (Å²) in [4.78, 5) is 43.3. The number of methoxy groups -OCH3 is 1. The van der Waals surface area contributed by atoms with Crippen molar-refractivity contribution in [2.45, 2.75) is 78.1 Å². The fraction of sp³-hybridized carbons (Fsp3) is 0.593. The van der Waals surface area contributed by atoms with E-state index < -0.39 is 28.8 Å². The maximum absolute atomic E-state index is 14.0. The van der Waals surface area contributed by atoms with E-state index in [1.165, 1.54) is 24.4 Å². The number of halogens is 1.